The van der Waals surface area contributed by atoms with Crippen LogP contribution in [-0.2, 0) is 19.2 Å². The van der Waals surface area contributed by atoms with Crippen molar-refractivity contribution >= 4 is 92.7 Å². The van der Waals surface area contributed by atoms with Crippen molar-refractivity contribution in [2.45, 2.75) is 55.4 Å². The van der Waals surface area contributed by atoms with Gasteiger partial charge in [-0.1, -0.05) is 79.7 Å². The van der Waals surface area contributed by atoms with Gasteiger partial charge in [-0.2, -0.15) is 0 Å². The topological polar surface area (TPSA) is 211 Å². The quantitative estimate of drug-likeness (QED) is 0.0539. The number of aromatic nitrogens is 4. The number of carbonyl (C=O) groups excluding carboxylic acids is 4. The molecule has 6 N–H and O–H groups in total. The summed E-state index contributed by atoms with van der Waals surface area (Å²) in [6.07, 6.45) is 7.61. The first-order valence-electron chi connectivity index (χ1n) is 26.6. The number of carbonyl (C=O) groups is 4. The fraction of sp³-hybridized carbons (Fsp3) is 0.250. The molecular formula is C64H66N8O8. The lowest BCUT2D eigenvalue weighted by molar-refractivity contribution is -0.119. The van der Waals surface area contributed by atoms with E-state index in [1.807, 2.05) is 165 Å². The van der Waals surface area contributed by atoms with E-state index in [-0.39, 0.29) is 47.3 Å². The minimum Gasteiger partial charge on any atom is -0.496 e. The molecule has 0 unspecified atom stereocenters. The second kappa shape index (κ2) is 23.3. The first-order chi connectivity index (χ1) is 38.5. The zero-order valence-electron chi connectivity index (χ0n) is 47.0. The van der Waals surface area contributed by atoms with Gasteiger partial charge in [0.25, 0.3) is 0 Å². The fourth-order valence-corrected chi connectivity index (χ4v) is 9.62. The van der Waals surface area contributed by atoms with Gasteiger partial charge in [-0.3, -0.25) is 19.2 Å². The molecule has 0 aliphatic carbocycles. The number of rotatable bonds is 16. The van der Waals surface area contributed by atoms with E-state index in [1.54, 1.807) is 40.6 Å². The highest BCUT2D eigenvalue weighted by Crippen LogP contribution is 2.49. The van der Waals surface area contributed by atoms with Crippen LogP contribution in [-0.4, -0.2) is 72.0 Å². The van der Waals surface area contributed by atoms with Gasteiger partial charge >= 0.3 is 0 Å². The van der Waals surface area contributed by atoms with Gasteiger partial charge in [0, 0.05) is 79.1 Å². The van der Waals surface area contributed by atoms with E-state index in [0.717, 1.165) is 0 Å². The second-order valence-corrected chi connectivity index (χ2v) is 20.6. The molecule has 4 aromatic carbocycles. The molecule has 7 aromatic rings. The Morgan fingerprint density at radius 2 is 0.562 bits per heavy atom. The Morgan fingerprint density at radius 3 is 0.787 bits per heavy atom. The summed E-state index contributed by atoms with van der Waals surface area (Å²) in [5.74, 6) is -0.489. The fourth-order valence-electron chi connectivity index (χ4n) is 9.62. The van der Waals surface area contributed by atoms with Crippen molar-refractivity contribution in [2.75, 3.05) is 49.7 Å². The van der Waals surface area contributed by atoms with Crippen LogP contribution in [0.5, 0.6) is 23.0 Å². The number of anilines is 4. The minimum absolute atomic E-state index is 0.232. The summed E-state index contributed by atoms with van der Waals surface area (Å²) in [5, 5.41) is 12.7. The highest BCUT2D eigenvalue weighted by Gasteiger charge is 2.28. The van der Waals surface area contributed by atoms with E-state index in [0.29, 0.717) is 135 Å². The van der Waals surface area contributed by atoms with Crippen molar-refractivity contribution < 1.29 is 38.1 Å². The number of hydrogen-bond acceptors (Lipinski definition) is 10. The van der Waals surface area contributed by atoms with Crippen molar-refractivity contribution in [3.8, 4) is 67.5 Å². The van der Waals surface area contributed by atoms with Crippen molar-refractivity contribution in [2.24, 2.45) is 23.7 Å². The molecule has 2 aliphatic heterocycles. The van der Waals surface area contributed by atoms with Crippen molar-refractivity contribution in [3.63, 3.8) is 0 Å². The van der Waals surface area contributed by atoms with E-state index in [9.17, 15) is 19.2 Å². The van der Waals surface area contributed by atoms with Crippen LogP contribution in [0.15, 0.2) is 97.1 Å². The largest absolute Gasteiger partial charge is 0.496 e. The molecule has 3 aromatic heterocycles. The molecular weight excluding hydrogens is 1010 g/mol. The van der Waals surface area contributed by atoms with Gasteiger partial charge in [0.15, 0.2) is 0 Å². The average molecular weight is 1080 g/mol. The van der Waals surface area contributed by atoms with Gasteiger partial charge in [0.2, 0.25) is 23.6 Å². The summed E-state index contributed by atoms with van der Waals surface area (Å²) in [4.78, 5) is 73.8. The van der Waals surface area contributed by atoms with Gasteiger partial charge in [-0.15, -0.1) is 0 Å². The smallest absolute Gasteiger partial charge is 0.226 e. The summed E-state index contributed by atoms with van der Waals surface area (Å²) < 4.78 is 24.5. The van der Waals surface area contributed by atoms with Crippen molar-refractivity contribution in [1.82, 2.24) is 19.9 Å². The molecule has 2 aliphatic rings. The lowest BCUT2D eigenvalue weighted by atomic mass is 9.98. The molecule has 4 amide bonds. The third-order valence-corrected chi connectivity index (χ3v) is 13.9. The van der Waals surface area contributed by atoms with Crippen LogP contribution in [0.3, 0.4) is 0 Å². The molecule has 0 radical (unpaired) electrons. The van der Waals surface area contributed by atoms with E-state index >= 15 is 0 Å². The third-order valence-electron chi connectivity index (χ3n) is 13.9. The number of ether oxygens (including phenoxy) is 4. The van der Waals surface area contributed by atoms with E-state index in [1.165, 1.54) is 0 Å². The predicted octanol–water partition coefficient (Wildman–Crippen LogP) is 13.7. The monoisotopic (exact) mass is 1070 g/mol. The van der Waals surface area contributed by atoms with E-state index in [2.05, 4.69) is 31.2 Å². The lowest BCUT2D eigenvalue weighted by Crippen LogP contribution is -2.20. The molecule has 0 saturated heterocycles. The molecule has 9 rings (SSSR count). The summed E-state index contributed by atoms with van der Waals surface area (Å²) >= 11 is 0. The van der Waals surface area contributed by atoms with Gasteiger partial charge in [0.05, 0.1) is 85.1 Å². The zero-order chi connectivity index (χ0) is 57.1. The van der Waals surface area contributed by atoms with Crippen LogP contribution in [0.4, 0.5) is 22.7 Å². The van der Waals surface area contributed by atoms with Gasteiger partial charge in [-0.25, -0.2) is 9.97 Å². The first kappa shape index (κ1) is 55.3. The SMILES string of the molecule is COc1cccc(OC)c1-c1c2nc(c(-c3c(NC(=O)C(C)C)cccc3NC(=O)C(C)C)c3ccc([nH]3)c(-c3c(OC)cccc3OC)c3nc(c(-c4c(NC(=O)C(C)C)cccc4NC(=O)C(C)C)c4ccc1[nH]4)C=C3)C=C2. The Balaban J connectivity index is 1.56. The normalized spacial score (nSPS) is 11.8. The van der Waals surface area contributed by atoms with Crippen LogP contribution < -0.4 is 40.2 Å². The Hall–Kier alpha value is -9.44. The third kappa shape index (κ3) is 10.8. The summed E-state index contributed by atoms with van der Waals surface area (Å²) in [7, 11) is 6.37. The number of aromatic amines is 2. The van der Waals surface area contributed by atoms with Crippen molar-refractivity contribution in [1.29, 1.82) is 0 Å². The Kier molecular flexibility index (Phi) is 16.1. The summed E-state index contributed by atoms with van der Waals surface area (Å²) in [6.45, 7) is 14.5. The number of methoxy groups -OCH3 is 4. The number of H-pyrrole nitrogens is 2. The number of benzene rings is 4. The maximum absolute atomic E-state index is 13.8. The molecule has 80 heavy (non-hydrogen) atoms. The molecule has 0 saturated carbocycles. The average Bonchev–Trinajstić information content (AvgIpc) is 4.46. The molecule has 16 heteroatoms. The number of amides is 4. The Morgan fingerprint density at radius 1 is 0.338 bits per heavy atom. The number of nitrogens with zero attached hydrogens (tertiary/aromatic N) is 2. The molecule has 0 atom stereocenters. The van der Waals surface area contributed by atoms with Crippen LogP contribution in [0, 0.1) is 23.7 Å². The van der Waals surface area contributed by atoms with Gasteiger partial charge in [0.1, 0.15) is 23.0 Å². The van der Waals surface area contributed by atoms with Gasteiger partial charge < -0.3 is 50.2 Å². The molecule has 16 nitrogen and oxygen atoms in total. The van der Waals surface area contributed by atoms with Gasteiger partial charge in [-0.05, 0) is 97.1 Å². The van der Waals surface area contributed by atoms with Crippen LogP contribution >= 0.6 is 0 Å². The maximum Gasteiger partial charge on any atom is 0.226 e. The molecule has 8 bridgehead atoms. The molecule has 0 spiro atoms. The maximum atomic E-state index is 13.8. The second-order valence-electron chi connectivity index (χ2n) is 20.6. The highest BCUT2D eigenvalue weighted by atomic mass is 16.5. The van der Waals surface area contributed by atoms with Crippen LogP contribution in [0.2, 0.25) is 0 Å². The zero-order valence-corrected chi connectivity index (χ0v) is 47.0. The first-order valence-corrected chi connectivity index (χ1v) is 26.6. The van der Waals surface area contributed by atoms with Crippen LogP contribution in [0.1, 0.15) is 78.2 Å². The highest BCUT2D eigenvalue weighted by molar-refractivity contribution is 6.11. The summed E-state index contributed by atoms with van der Waals surface area (Å²) in [6, 6.07) is 29.6. The minimum atomic E-state index is -0.386. The van der Waals surface area contributed by atoms with E-state index in [4.69, 9.17) is 28.9 Å². The Bertz CT molecular complexity index is 3470. The number of fused-ring (bicyclic) bond motifs is 8. The number of hydrogen-bond donors (Lipinski definition) is 6. The predicted molar refractivity (Wildman–Crippen MR) is 321 cm³/mol. The molecule has 5 heterocycles. The lowest BCUT2D eigenvalue weighted by Gasteiger charge is -2.19. The molecule has 410 valence electrons. The van der Waals surface area contributed by atoms with E-state index < -0.39 is 0 Å². The standard InChI is InChI=1S/C64H66N8O8/c1-33(2)61(73)69-37-17-13-18-38(70-62(74)34(3)4)53(37)55-41-25-29-45(65-41)57(59-49(77-9)21-15-22-50(59)78-10)47-31-27-43(67-47)56(54-39(71-63(75)35(5)6)19-14-20-40(54)72-64(76)36(7)8)44-28-32-48(68-44)58(46-30-26-42(55)66-46)60-51(79-11)23-16-24-52(60)80-12/h13-36,65,68H,1-12H3,(H,69,73)(H,70,74)(H,71,75)(H,72,76). The van der Waals surface area contributed by atoms with Crippen LogP contribution in [0.25, 0.3) is 90.9 Å². The summed E-state index contributed by atoms with van der Waals surface area (Å²) in [5.41, 5.74) is 10.5. The molecule has 0 fully saturated rings. The van der Waals surface area contributed by atoms with Crippen molar-refractivity contribution in [3.05, 3.63) is 120 Å². The Labute approximate surface area is 465 Å². The number of nitrogens with one attached hydrogen (secondary N) is 6.